The van der Waals surface area contributed by atoms with Crippen LogP contribution in [0, 0.1) is 12.3 Å². The first-order valence-corrected chi connectivity index (χ1v) is 14.2. The van der Waals surface area contributed by atoms with Gasteiger partial charge in [-0.3, -0.25) is 9.59 Å². The molecule has 0 fully saturated rings. The van der Waals surface area contributed by atoms with Crippen molar-refractivity contribution in [3.63, 3.8) is 0 Å². The molecule has 0 saturated heterocycles. The molecule has 0 aliphatic rings. The van der Waals surface area contributed by atoms with Crippen LogP contribution in [-0.4, -0.2) is 53.0 Å². The summed E-state index contributed by atoms with van der Waals surface area (Å²) in [5, 5.41) is 5.73. The van der Waals surface area contributed by atoms with Crippen molar-refractivity contribution in [1.29, 1.82) is 0 Å². The van der Waals surface area contributed by atoms with Crippen molar-refractivity contribution in [2.45, 2.75) is 64.8 Å². The third-order valence-electron chi connectivity index (χ3n) is 5.61. The van der Waals surface area contributed by atoms with E-state index in [1.165, 1.54) is 0 Å². The second-order valence-electron chi connectivity index (χ2n) is 9.88. The van der Waals surface area contributed by atoms with E-state index in [0.717, 1.165) is 5.56 Å². The molecule has 3 amide bonds. The molecule has 0 spiro atoms. The number of alkyl carbamates (subject to hydrolysis) is 1. The van der Waals surface area contributed by atoms with Gasteiger partial charge in [-0.1, -0.05) is 55.3 Å². The molecule has 2 aromatic rings. The summed E-state index contributed by atoms with van der Waals surface area (Å²) in [6, 6.07) is 14.9. The van der Waals surface area contributed by atoms with E-state index in [9.17, 15) is 14.4 Å². The maximum absolute atomic E-state index is 14.0. The highest BCUT2D eigenvalue weighted by atomic mass is 32.2. The molecule has 0 heterocycles. The van der Waals surface area contributed by atoms with Gasteiger partial charge in [0.15, 0.2) is 0 Å². The Kier molecular flexibility index (Phi) is 12.2. The number of amides is 3. The monoisotopic (exact) mass is 537 g/mol. The first-order chi connectivity index (χ1) is 18.1. The van der Waals surface area contributed by atoms with Gasteiger partial charge in [0.25, 0.3) is 0 Å². The quantitative estimate of drug-likeness (QED) is 0.376. The minimum absolute atomic E-state index is 0.315. The van der Waals surface area contributed by atoms with E-state index in [-0.39, 0.29) is 11.8 Å². The highest BCUT2D eigenvalue weighted by molar-refractivity contribution is 7.98. The molecule has 0 aromatic heterocycles. The molecule has 2 N–H and O–H groups in total. The van der Waals surface area contributed by atoms with E-state index < -0.39 is 23.8 Å². The third-order valence-corrected chi connectivity index (χ3v) is 6.25. The van der Waals surface area contributed by atoms with Gasteiger partial charge < -0.3 is 20.3 Å². The maximum Gasteiger partial charge on any atom is 0.408 e. The number of carbonyl (C=O) groups excluding carboxylic acids is 3. The fourth-order valence-electron chi connectivity index (χ4n) is 3.87. The van der Waals surface area contributed by atoms with Gasteiger partial charge in [0.2, 0.25) is 11.8 Å². The standard InChI is InChI=1S/C30H39N3O4S/c1-7-19-33(28(35)25(18-20-38-6)32-29(36)37-30(3,4)5)26(24-16-14-22(8-2)15-17-24)27(34)31-21-23-12-10-9-11-13-23/h2,9-17,25-26H,7,18-21H2,1,3-6H3,(H,31,34)(H,32,36). The number of thioether (sulfide) groups is 1. The van der Waals surface area contributed by atoms with Crippen molar-refractivity contribution in [2.75, 3.05) is 18.6 Å². The van der Waals surface area contributed by atoms with Crippen LogP contribution in [0.15, 0.2) is 54.6 Å². The smallest absolute Gasteiger partial charge is 0.408 e. The summed E-state index contributed by atoms with van der Waals surface area (Å²) >= 11 is 1.57. The SMILES string of the molecule is C#Cc1ccc(C(C(=O)NCc2ccccc2)N(CCC)C(=O)C(CCSC)NC(=O)OC(C)(C)C)cc1. The first-order valence-electron chi connectivity index (χ1n) is 12.8. The summed E-state index contributed by atoms with van der Waals surface area (Å²) in [7, 11) is 0. The van der Waals surface area contributed by atoms with Gasteiger partial charge in [0, 0.05) is 18.7 Å². The van der Waals surface area contributed by atoms with Gasteiger partial charge in [0.05, 0.1) is 0 Å². The van der Waals surface area contributed by atoms with E-state index in [1.54, 1.807) is 61.7 Å². The van der Waals surface area contributed by atoms with E-state index in [4.69, 9.17) is 11.2 Å². The van der Waals surface area contributed by atoms with Crippen LogP contribution in [0.4, 0.5) is 4.79 Å². The Morgan fingerprint density at radius 3 is 2.29 bits per heavy atom. The van der Waals surface area contributed by atoms with Crippen LogP contribution < -0.4 is 10.6 Å². The normalized spacial score (nSPS) is 12.5. The fraction of sp³-hybridized carbons (Fsp3) is 0.433. The number of hydrogen-bond donors (Lipinski definition) is 2. The van der Waals surface area contributed by atoms with E-state index in [0.29, 0.717) is 42.8 Å². The summed E-state index contributed by atoms with van der Waals surface area (Å²) in [5.74, 6) is 2.57. The Hall–Kier alpha value is -3.44. The van der Waals surface area contributed by atoms with Gasteiger partial charge in [-0.2, -0.15) is 11.8 Å². The molecule has 0 radical (unpaired) electrons. The molecular weight excluding hydrogens is 498 g/mol. The highest BCUT2D eigenvalue weighted by Gasteiger charge is 2.35. The van der Waals surface area contributed by atoms with Crippen LogP contribution in [0.1, 0.15) is 63.3 Å². The molecule has 0 aliphatic carbocycles. The van der Waals surface area contributed by atoms with Gasteiger partial charge in [-0.15, -0.1) is 6.42 Å². The van der Waals surface area contributed by atoms with Crippen LogP contribution in [-0.2, 0) is 20.9 Å². The zero-order valence-corrected chi connectivity index (χ0v) is 23.8. The van der Waals surface area contributed by atoms with Crippen LogP contribution in [0.2, 0.25) is 0 Å². The number of ether oxygens (including phenoxy) is 1. The highest BCUT2D eigenvalue weighted by Crippen LogP contribution is 2.24. The molecular formula is C30H39N3O4S. The van der Waals surface area contributed by atoms with Crippen LogP contribution in [0.5, 0.6) is 0 Å². The Morgan fingerprint density at radius 2 is 1.74 bits per heavy atom. The minimum Gasteiger partial charge on any atom is -0.444 e. The molecule has 2 aromatic carbocycles. The molecule has 38 heavy (non-hydrogen) atoms. The Morgan fingerprint density at radius 1 is 1.08 bits per heavy atom. The predicted octanol–water partition coefficient (Wildman–Crippen LogP) is 4.91. The van der Waals surface area contributed by atoms with Gasteiger partial charge in [-0.05, 0) is 68.9 Å². The number of hydrogen-bond acceptors (Lipinski definition) is 5. The number of carbonyl (C=O) groups is 3. The summed E-state index contributed by atoms with van der Waals surface area (Å²) < 4.78 is 5.42. The molecule has 0 aliphatic heterocycles. The van der Waals surface area contributed by atoms with Crippen molar-refractivity contribution in [1.82, 2.24) is 15.5 Å². The predicted molar refractivity (Wildman–Crippen MR) is 154 cm³/mol. The third kappa shape index (κ3) is 9.79. The van der Waals surface area contributed by atoms with Gasteiger partial charge >= 0.3 is 6.09 Å². The zero-order chi connectivity index (χ0) is 28.1. The molecule has 7 nitrogen and oxygen atoms in total. The Labute approximate surface area is 231 Å². The molecule has 204 valence electrons. The molecule has 0 saturated carbocycles. The van der Waals surface area contributed by atoms with Crippen molar-refractivity contribution < 1.29 is 19.1 Å². The van der Waals surface area contributed by atoms with Crippen molar-refractivity contribution >= 4 is 29.7 Å². The molecule has 8 heteroatoms. The summed E-state index contributed by atoms with van der Waals surface area (Å²) in [6.07, 6.45) is 7.82. The van der Waals surface area contributed by atoms with E-state index in [1.807, 2.05) is 43.5 Å². The molecule has 2 unspecified atom stereocenters. The second-order valence-corrected chi connectivity index (χ2v) is 10.9. The molecule has 0 bridgehead atoms. The fourth-order valence-corrected chi connectivity index (χ4v) is 4.34. The van der Waals surface area contributed by atoms with E-state index >= 15 is 0 Å². The average Bonchev–Trinajstić information content (AvgIpc) is 2.89. The minimum atomic E-state index is -0.907. The number of benzene rings is 2. The lowest BCUT2D eigenvalue weighted by molar-refractivity contribution is -0.142. The maximum atomic E-state index is 14.0. The number of nitrogens with one attached hydrogen (secondary N) is 2. The summed E-state index contributed by atoms with van der Waals surface area (Å²) in [5.41, 5.74) is 1.55. The van der Waals surface area contributed by atoms with Crippen molar-refractivity contribution in [3.05, 3.63) is 71.3 Å². The average molecular weight is 538 g/mol. The van der Waals surface area contributed by atoms with Crippen LogP contribution in [0.3, 0.4) is 0 Å². The Balaban J connectivity index is 2.42. The lowest BCUT2D eigenvalue weighted by atomic mass is 10.0. The second kappa shape index (κ2) is 15.1. The molecule has 2 rings (SSSR count). The summed E-state index contributed by atoms with van der Waals surface area (Å²) in [6.45, 7) is 7.88. The lowest BCUT2D eigenvalue weighted by Crippen LogP contribution is -2.53. The molecule has 2 atom stereocenters. The van der Waals surface area contributed by atoms with Crippen molar-refractivity contribution in [3.8, 4) is 12.3 Å². The number of rotatable bonds is 12. The Bertz CT molecular complexity index is 1090. The number of nitrogens with zero attached hydrogens (tertiary/aromatic N) is 1. The van der Waals surface area contributed by atoms with Crippen LogP contribution >= 0.6 is 11.8 Å². The topological polar surface area (TPSA) is 87.7 Å². The van der Waals surface area contributed by atoms with Crippen LogP contribution in [0.25, 0.3) is 0 Å². The zero-order valence-electron chi connectivity index (χ0n) is 23.0. The van der Waals surface area contributed by atoms with Gasteiger partial charge in [-0.25, -0.2) is 4.79 Å². The largest absolute Gasteiger partial charge is 0.444 e. The number of terminal acetylenes is 1. The lowest BCUT2D eigenvalue weighted by Gasteiger charge is -2.34. The van der Waals surface area contributed by atoms with Crippen molar-refractivity contribution in [2.24, 2.45) is 0 Å². The summed E-state index contributed by atoms with van der Waals surface area (Å²) in [4.78, 5) is 41.8. The first kappa shape index (κ1) is 30.8. The van der Waals surface area contributed by atoms with E-state index in [2.05, 4.69) is 16.6 Å². The van der Waals surface area contributed by atoms with Gasteiger partial charge in [0.1, 0.15) is 17.7 Å².